The Kier molecular flexibility index (Phi) is 19.0. The fourth-order valence-electron chi connectivity index (χ4n) is 8.41. The molecular formula is C41H68N2O24. The van der Waals surface area contributed by atoms with Crippen LogP contribution < -0.4 is 10.6 Å². The molecule has 0 spiro atoms. The van der Waals surface area contributed by atoms with E-state index in [1.807, 2.05) is 0 Å². The van der Waals surface area contributed by atoms with E-state index in [0.29, 0.717) is 0 Å². The quantitative estimate of drug-likeness (QED) is 0.0641. The zero-order valence-electron chi connectivity index (χ0n) is 38.4. The van der Waals surface area contributed by atoms with Gasteiger partial charge in [-0.15, -0.1) is 0 Å². The van der Waals surface area contributed by atoms with Gasteiger partial charge in [-0.25, -0.2) is 4.79 Å². The van der Waals surface area contributed by atoms with Crippen molar-refractivity contribution in [2.45, 2.75) is 196 Å². The molecule has 13 N–H and O–H groups in total. The number of carbonyl (C=O) groups excluding carboxylic acids is 4. The van der Waals surface area contributed by atoms with Crippen molar-refractivity contribution < 1.29 is 118 Å². The van der Waals surface area contributed by atoms with Crippen molar-refractivity contribution in [3.8, 4) is 0 Å². The van der Waals surface area contributed by atoms with E-state index in [2.05, 4.69) is 10.6 Å². The van der Waals surface area contributed by atoms with Gasteiger partial charge >= 0.3 is 17.9 Å². The first kappa shape index (κ1) is 56.3. The number of esters is 2. The zero-order chi connectivity index (χ0) is 50.7. The van der Waals surface area contributed by atoms with Crippen molar-refractivity contribution in [1.29, 1.82) is 0 Å². The number of aliphatic hydroxyl groups is 10. The Hall–Kier alpha value is -3.29. The van der Waals surface area contributed by atoms with Crippen molar-refractivity contribution in [3.05, 3.63) is 0 Å². The van der Waals surface area contributed by atoms with Gasteiger partial charge in [0.05, 0.1) is 56.0 Å². The lowest BCUT2D eigenvalue weighted by Crippen LogP contribution is -2.69. The zero-order valence-corrected chi connectivity index (χ0v) is 38.4. The van der Waals surface area contributed by atoms with Crippen LogP contribution in [0.15, 0.2) is 0 Å². The number of rotatable bonds is 16. The van der Waals surface area contributed by atoms with Crippen LogP contribution in [-0.2, 0) is 61.9 Å². The summed E-state index contributed by atoms with van der Waals surface area (Å²) in [5, 5.41) is 122. The monoisotopic (exact) mass is 972 g/mol. The van der Waals surface area contributed by atoms with Crippen LogP contribution in [0.25, 0.3) is 0 Å². The lowest BCUT2D eigenvalue weighted by molar-refractivity contribution is -0.360. The van der Waals surface area contributed by atoms with Gasteiger partial charge in [0.25, 0.3) is 5.79 Å². The normalized spacial score (nSPS) is 39.3. The Morgan fingerprint density at radius 2 is 1.18 bits per heavy atom. The summed E-state index contributed by atoms with van der Waals surface area (Å²) >= 11 is 0. The molecule has 386 valence electrons. The summed E-state index contributed by atoms with van der Waals surface area (Å²) in [4.78, 5) is 66.6. The number of amides is 2. The highest BCUT2D eigenvalue weighted by Gasteiger charge is 2.60. The number of hydrogen-bond donors (Lipinski definition) is 13. The summed E-state index contributed by atoms with van der Waals surface area (Å²) in [5.74, 6) is -11.5. The van der Waals surface area contributed by atoms with Gasteiger partial charge in [-0.2, -0.15) is 0 Å². The third kappa shape index (κ3) is 13.7. The molecule has 4 rings (SSSR count). The third-order valence-electron chi connectivity index (χ3n) is 11.5. The average molecular weight is 973 g/mol. The van der Waals surface area contributed by atoms with Crippen molar-refractivity contribution in [2.75, 3.05) is 19.8 Å². The third-order valence-corrected chi connectivity index (χ3v) is 11.5. The SMILES string of the molecule is CC(=O)N[C@H]1[C@H](O[C@H]2C[C@H](C(=O)OC(C)(C)C)[C@H](C(=O)OC(C)(C)C)C[C@H]2O[C@]2(C(=O)O)C[C@H](O)[C@@H](NC(C)=O)[C@H]([C@H](O)[C@H](O)CO)O2)O[C@H](CO)[C@H](O)[C@@H]1O[C@@H]1O[C@H](CO)[C@H](O)[C@H](O)[C@H]1O. The topological polar surface area (TPSA) is 406 Å². The Bertz CT molecular complexity index is 1710. The molecule has 4 aliphatic rings. The lowest BCUT2D eigenvalue weighted by Gasteiger charge is -2.51. The maximum Gasteiger partial charge on any atom is 0.364 e. The van der Waals surface area contributed by atoms with E-state index in [4.69, 9.17) is 37.9 Å². The Balaban J connectivity index is 1.88. The number of aliphatic carboxylic acids is 1. The van der Waals surface area contributed by atoms with Crippen LogP contribution in [-0.4, -0.2) is 227 Å². The maximum atomic E-state index is 14.1. The highest BCUT2D eigenvalue weighted by molar-refractivity contribution is 5.83. The molecular weight excluding hydrogens is 904 g/mol. The Morgan fingerprint density at radius 1 is 0.687 bits per heavy atom. The number of ether oxygens (including phenoxy) is 8. The fourth-order valence-corrected chi connectivity index (χ4v) is 8.41. The van der Waals surface area contributed by atoms with Gasteiger partial charge in [0.1, 0.15) is 78.3 Å². The summed E-state index contributed by atoms with van der Waals surface area (Å²) < 4.78 is 47.3. The predicted molar refractivity (Wildman–Crippen MR) is 218 cm³/mol. The fraction of sp³-hybridized carbons (Fsp3) is 0.878. The minimum Gasteiger partial charge on any atom is -0.477 e. The standard InChI is InChI=1S/C41H68N2O24/c1-15(47)42-25-19(49)11-41(38(58)59,65-33(25)27(51)20(50)12-44)64-22-10-18(35(57)67-40(6,7)8)17(34(56)66-39(3,4)5)9-21(22)60-36-26(43-16(2)48)32(29(53)24(14-46)61-36)63-37-31(55)30(54)28(52)23(13-45)62-37/h17-33,36-37,44-46,49-55H,9-14H2,1-8H3,(H,42,47)(H,43,48)(H,58,59)/t17-,18+,19-,20+,21-,22+,23+,24+,25+,26+,27+,28-,29-,30-,31+,32+,33+,36+,37-,41+/m0/s1. The summed E-state index contributed by atoms with van der Waals surface area (Å²) in [6, 6.07) is -3.31. The minimum absolute atomic E-state index is 0.608. The van der Waals surface area contributed by atoms with Gasteiger partial charge in [0.15, 0.2) is 12.6 Å². The van der Waals surface area contributed by atoms with Crippen LogP contribution in [0, 0.1) is 11.8 Å². The first-order valence-corrected chi connectivity index (χ1v) is 21.8. The molecule has 2 amide bonds. The van der Waals surface area contributed by atoms with E-state index in [-0.39, 0.29) is 0 Å². The molecule has 3 saturated heterocycles. The van der Waals surface area contributed by atoms with E-state index >= 15 is 0 Å². The molecule has 26 nitrogen and oxygen atoms in total. The number of nitrogens with one attached hydrogen (secondary N) is 2. The molecule has 1 aliphatic carbocycles. The van der Waals surface area contributed by atoms with Crippen molar-refractivity contribution >= 4 is 29.7 Å². The van der Waals surface area contributed by atoms with Crippen LogP contribution in [0.3, 0.4) is 0 Å². The van der Waals surface area contributed by atoms with Gasteiger partial charge in [-0.3, -0.25) is 19.2 Å². The minimum atomic E-state index is -3.05. The maximum absolute atomic E-state index is 14.1. The summed E-state index contributed by atoms with van der Waals surface area (Å²) in [6.45, 7) is 8.43. The number of carboxylic acids is 1. The van der Waals surface area contributed by atoms with E-state index in [9.17, 15) is 80.1 Å². The highest BCUT2D eigenvalue weighted by atomic mass is 16.8. The first-order valence-electron chi connectivity index (χ1n) is 21.8. The molecule has 0 aromatic heterocycles. The molecule has 4 fully saturated rings. The molecule has 1 saturated carbocycles. The molecule has 3 aliphatic heterocycles. The molecule has 26 heteroatoms. The number of carboxylic acid groups (broad SMARTS) is 1. The second-order valence-corrected chi connectivity index (χ2v) is 19.2. The summed E-state index contributed by atoms with van der Waals surface area (Å²) in [7, 11) is 0. The number of carbonyl (C=O) groups is 5. The van der Waals surface area contributed by atoms with Crippen LogP contribution >= 0.6 is 0 Å². The van der Waals surface area contributed by atoms with Gasteiger partial charge in [-0.05, 0) is 54.4 Å². The van der Waals surface area contributed by atoms with E-state index < -0.39 is 202 Å². The molecule has 67 heavy (non-hydrogen) atoms. The second kappa shape index (κ2) is 22.6. The molecule has 3 heterocycles. The van der Waals surface area contributed by atoms with Crippen molar-refractivity contribution in [3.63, 3.8) is 0 Å². The Labute approximate surface area is 385 Å². The second-order valence-electron chi connectivity index (χ2n) is 19.2. The molecule has 0 bridgehead atoms. The summed E-state index contributed by atoms with van der Waals surface area (Å²) in [6.07, 6.45) is -30.4. The van der Waals surface area contributed by atoms with Gasteiger partial charge in [0, 0.05) is 20.3 Å². The molecule has 0 aromatic rings. The largest absolute Gasteiger partial charge is 0.477 e. The molecule has 20 atom stereocenters. The first-order chi connectivity index (χ1) is 31.0. The number of aliphatic hydroxyl groups excluding tert-OH is 10. The van der Waals surface area contributed by atoms with E-state index in [0.717, 1.165) is 13.8 Å². The average Bonchev–Trinajstić information content (AvgIpc) is 3.21. The Morgan fingerprint density at radius 3 is 1.66 bits per heavy atom. The predicted octanol–water partition coefficient (Wildman–Crippen LogP) is -5.62. The van der Waals surface area contributed by atoms with Crippen LogP contribution in [0.4, 0.5) is 0 Å². The van der Waals surface area contributed by atoms with E-state index in [1.165, 1.54) is 0 Å². The molecule has 0 aromatic carbocycles. The number of hydrogen-bond acceptors (Lipinski definition) is 23. The van der Waals surface area contributed by atoms with Crippen molar-refractivity contribution in [1.82, 2.24) is 10.6 Å². The molecule has 0 radical (unpaired) electrons. The lowest BCUT2D eigenvalue weighted by atomic mass is 9.75. The van der Waals surface area contributed by atoms with Crippen molar-refractivity contribution in [2.24, 2.45) is 11.8 Å². The van der Waals surface area contributed by atoms with Gasteiger partial charge in [-0.1, -0.05) is 0 Å². The van der Waals surface area contributed by atoms with Crippen LogP contribution in [0.2, 0.25) is 0 Å². The smallest absolute Gasteiger partial charge is 0.364 e. The van der Waals surface area contributed by atoms with Crippen LogP contribution in [0.5, 0.6) is 0 Å². The highest BCUT2D eigenvalue weighted by Crippen LogP contribution is 2.43. The van der Waals surface area contributed by atoms with Gasteiger partial charge in [0.2, 0.25) is 11.8 Å². The van der Waals surface area contributed by atoms with Gasteiger partial charge < -0.3 is 105 Å². The van der Waals surface area contributed by atoms with Crippen LogP contribution in [0.1, 0.15) is 74.7 Å². The van der Waals surface area contributed by atoms with E-state index in [1.54, 1.807) is 41.5 Å². The molecule has 0 unspecified atom stereocenters. The summed E-state index contributed by atoms with van der Waals surface area (Å²) in [5.41, 5.74) is -2.29.